The molecule has 2 saturated carbocycles. The monoisotopic (exact) mass is 466 g/mol. The SMILES string of the molecule is COC1CC2(CCC3(O2)C(C)(OC(C)=O)C(=O)CC2C(C)(C)C(OC(C)=O)CCC23C)CO1. The van der Waals surface area contributed by atoms with Crippen LogP contribution in [-0.4, -0.2) is 60.6 Å². The van der Waals surface area contributed by atoms with Crippen molar-refractivity contribution in [3.63, 3.8) is 0 Å². The molecule has 0 amide bonds. The Balaban J connectivity index is 1.81. The number of rotatable bonds is 3. The van der Waals surface area contributed by atoms with Crippen LogP contribution in [0.25, 0.3) is 0 Å². The molecule has 7 atom stereocenters. The van der Waals surface area contributed by atoms with Crippen molar-refractivity contribution < 1.29 is 38.1 Å². The molecule has 0 bridgehead atoms. The zero-order valence-corrected chi connectivity index (χ0v) is 20.9. The van der Waals surface area contributed by atoms with Gasteiger partial charge in [0, 0.05) is 44.6 Å². The first kappa shape index (κ1) is 24.6. The number of carbonyl (C=O) groups is 3. The third-order valence-electron chi connectivity index (χ3n) is 9.35. The van der Waals surface area contributed by atoms with E-state index >= 15 is 0 Å². The zero-order chi connectivity index (χ0) is 24.4. The molecule has 0 radical (unpaired) electrons. The van der Waals surface area contributed by atoms with Crippen LogP contribution < -0.4 is 0 Å². The van der Waals surface area contributed by atoms with E-state index in [0.717, 1.165) is 0 Å². The van der Waals surface area contributed by atoms with Crippen molar-refractivity contribution in [2.75, 3.05) is 13.7 Å². The van der Waals surface area contributed by atoms with Crippen LogP contribution in [0.1, 0.15) is 80.1 Å². The summed E-state index contributed by atoms with van der Waals surface area (Å²) in [5.74, 6) is -1.07. The summed E-state index contributed by atoms with van der Waals surface area (Å²) in [7, 11) is 1.61. The van der Waals surface area contributed by atoms with Gasteiger partial charge >= 0.3 is 11.9 Å². The third kappa shape index (κ3) is 3.39. The van der Waals surface area contributed by atoms with Gasteiger partial charge in [0.05, 0.1) is 12.2 Å². The molecule has 0 aromatic carbocycles. The Kier molecular flexibility index (Phi) is 5.78. The van der Waals surface area contributed by atoms with Gasteiger partial charge in [0.15, 0.2) is 17.7 Å². The van der Waals surface area contributed by atoms with Crippen LogP contribution in [0, 0.1) is 16.7 Å². The molecule has 186 valence electrons. The van der Waals surface area contributed by atoms with Gasteiger partial charge in [-0.2, -0.15) is 0 Å². The van der Waals surface area contributed by atoms with Crippen molar-refractivity contribution in [1.82, 2.24) is 0 Å². The molecule has 2 saturated heterocycles. The minimum Gasteiger partial charge on any atom is -0.462 e. The average Bonchev–Trinajstić information content (AvgIpc) is 3.31. The number of esters is 2. The Morgan fingerprint density at radius 2 is 1.73 bits per heavy atom. The average molecular weight is 467 g/mol. The Morgan fingerprint density at radius 1 is 1.03 bits per heavy atom. The summed E-state index contributed by atoms with van der Waals surface area (Å²) in [5, 5.41) is 0. The van der Waals surface area contributed by atoms with Gasteiger partial charge in [0.25, 0.3) is 0 Å². The van der Waals surface area contributed by atoms with Crippen molar-refractivity contribution in [3.8, 4) is 0 Å². The normalized spacial score (nSPS) is 46.4. The number of fused-ring (bicyclic) bond motifs is 2. The maximum Gasteiger partial charge on any atom is 0.303 e. The first-order chi connectivity index (χ1) is 15.3. The molecule has 8 nitrogen and oxygen atoms in total. The minimum atomic E-state index is -1.41. The summed E-state index contributed by atoms with van der Waals surface area (Å²) in [6.07, 6.45) is 2.75. The van der Waals surface area contributed by atoms with E-state index in [1.54, 1.807) is 14.0 Å². The molecule has 0 aromatic heterocycles. The molecule has 2 aliphatic heterocycles. The number of hydrogen-bond donors (Lipinski definition) is 0. The molecule has 4 rings (SSSR count). The molecular weight excluding hydrogens is 428 g/mol. The topological polar surface area (TPSA) is 97.4 Å². The Hall–Kier alpha value is -1.51. The molecule has 7 unspecified atom stereocenters. The van der Waals surface area contributed by atoms with Gasteiger partial charge in [-0.3, -0.25) is 14.4 Å². The van der Waals surface area contributed by atoms with Gasteiger partial charge in [0.2, 0.25) is 0 Å². The molecule has 2 spiro atoms. The summed E-state index contributed by atoms with van der Waals surface area (Å²) < 4.78 is 29.9. The van der Waals surface area contributed by atoms with E-state index < -0.39 is 33.6 Å². The molecule has 4 fully saturated rings. The second-order valence-electron chi connectivity index (χ2n) is 11.5. The number of ether oxygens (including phenoxy) is 5. The lowest BCUT2D eigenvalue weighted by Gasteiger charge is -2.66. The standard InChI is InChI=1S/C25H38O8/c1-15(26)31-19-8-9-22(5)17(21(19,3)4)12-18(28)23(6,32-16(2)27)25(22)11-10-24(33-25)13-20(29-7)30-14-24/h17,19-20H,8-14H2,1-7H3. The highest BCUT2D eigenvalue weighted by atomic mass is 16.7. The summed E-state index contributed by atoms with van der Waals surface area (Å²) in [6, 6.07) is 0. The molecule has 2 aliphatic carbocycles. The molecule has 0 aromatic rings. The van der Waals surface area contributed by atoms with E-state index in [2.05, 4.69) is 20.8 Å². The predicted molar refractivity (Wildman–Crippen MR) is 117 cm³/mol. The third-order valence-corrected chi connectivity index (χ3v) is 9.35. The summed E-state index contributed by atoms with van der Waals surface area (Å²) in [6.45, 7) is 11.2. The molecule has 33 heavy (non-hydrogen) atoms. The van der Waals surface area contributed by atoms with Gasteiger partial charge in [-0.25, -0.2) is 0 Å². The number of ketones is 1. The Labute approximate surface area is 196 Å². The van der Waals surface area contributed by atoms with Gasteiger partial charge in [-0.05, 0) is 38.5 Å². The van der Waals surface area contributed by atoms with Gasteiger partial charge in [-0.15, -0.1) is 0 Å². The fraction of sp³-hybridized carbons (Fsp3) is 0.880. The van der Waals surface area contributed by atoms with Crippen LogP contribution in [0.3, 0.4) is 0 Å². The van der Waals surface area contributed by atoms with Gasteiger partial charge < -0.3 is 23.7 Å². The quantitative estimate of drug-likeness (QED) is 0.584. The lowest BCUT2D eigenvalue weighted by atomic mass is 9.42. The molecular formula is C25H38O8. The van der Waals surface area contributed by atoms with Crippen molar-refractivity contribution in [3.05, 3.63) is 0 Å². The van der Waals surface area contributed by atoms with Crippen molar-refractivity contribution >= 4 is 17.7 Å². The Morgan fingerprint density at radius 3 is 2.30 bits per heavy atom. The Bertz CT molecular complexity index is 853. The van der Waals surface area contributed by atoms with Crippen LogP contribution in [-0.2, 0) is 38.1 Å². The first-order valence-electron chi connectivity index (χ1n) is 12.0. The van der Waals surface area contributed by atoms with Crippen LogP contribution in [0.5, 0.6) is 0 Å². The highest BCUT2D eigenvalue weighted by Crippen LogP contribution is 2.69. The molecule has 2 heterocycles. The van der Waals surface area contributed by atoms with Crippen molar-refractivity contribution in [1.29, 1.82) is 0 Å². The lowest BCUT2D eigenvalue weighted by molar-refractivity contribution is -0.294. The predicted octanol–water partition coefficient (Wildman–Crippen LogP) is 3.34. The van der Waals surface area contributed by atoms with Gasteiger partial charge in [-0.1, -0.05) is 20.8 Å². The molecule has 8 heteroatoms. The van der Waals surface area contributed by atoms with E-state index in [1.165, 1.54) is 13.8 Å². The number of hydrogen-bond acceptors (Lipinski definition) is 8. The highest BCUT2D eigenvalue weighted by Gasteiger charge is 2.77. The van der Waals surface area contributed by atoms with Crippen LogP contribution in [0.4, 0.5) is 0 Å². The van der Waals surface area contributed by atoms with E-state index in [4.69, 9.17) is 23.7 Å². The smallest absolute Gasteiger partial charge is 0.303 e. The minimum absolute atomic E-state index is 0.116. The number of Topliss-reactive ketones (excluding diaryl/α,β-unsaturated/α-hetero) is 1. The van der Waals surface area contributed by atoms with Crippen molar-refractivity contribution in [2.24, 2.45) is 16.7 Å². The van der Waals surface area contributed by atoms with Crippen LogP contribution in [0.15, 0.2) is 0 Å². The van der Waals surface area contributed by atoms with E-state index in [9.17, 15) is 14.4 Å². The number of methoxy groups -OCH3 is 1. The van der Waals surface area contributed by atoms with E-state index in [1.807, 2.05) is 0 Å². The van der Waals surface area contributed by atoms with Crippen LogP contribution >= 0.6 is 0 Å². The van der Waals surface area contributed by atoms with E-state index in [-0.39, 0.29) is 36.5 Å². The zero-order valence-electron chi connectivity index (χ0n) is 20.9. The first-order valence-corrected chi connectivity index (χ1v) is 12.0. The van der Waals surface area contributed by atoms with E-state index in [0.29, 0.717) is 38.7 Å². The van der Waals surface area contributed by atoms with Crippen LogP contribution in [0.2, 0.25) is 0 Å². The summed E-state index contributed by atoms with van der Waals surface area (Å²) in [4.78, 5) is 37.9. The number of carbonyl (C=O) groups excluding carboxylic acids is 3. The summed E-state index contributed by atoms with van der Waals surface area (Å²) >= 11 is 0. The largest absolute Gasteiger partial charge is 0.462 e. The maximum atomic E-state index is 13.8. The van der Waals surface area contributed by atoms with Gasteiger partial charge in [0.1, 0.15) is 11.7 Å². The lowest BCUT2D eigenvalue weighted by Crippen LogP contribution is -2.75. The summed E-state index contributed by atoms with van der Waals surface area (Å²) in [5.41, 5.74) is -3.97. The molecule has 0 N–H and O–H groups in total. The highest BCUT2D eigenvalue weighted by molar-refractivity contribution is 5.92. The second-order valence-corrected chi connectivity index (χ2v) is 11.5. The van der Waals surface area contributed by atoms with Crippen molar-refractivity contribution in [2.45, 2.75) is 109 Å². The maximum absolute atomic E-state index is 13.8. The fourth-order valence-electron chi connectivity index (χ4n) is 7.66. The second kappa shape index (κ2) is 7.75. The molecule has 4 aliphatic rings. The fourth-order valence-corrected chi connectivity index (χ4v) is 7.66.